The average molecular weight is 353 g/mol. The van der Waals surface area contributed by atoms with Crippen molar-refractivity contribution >= 4 is 0 Å². The maximum absolute atomic E-state index is 10.9. The molecule has 1 N–H and O–H groups in total. The SMILES string of the molecule is COc1ccc(C(O)Cc2ccncc2)c2c1OC1(CCCCC1)CC2. The Kier molecular flexibility index (Phi) is 4.86. The van der Waals surface area contributed by atoms with Gasteiger partial charge in [-0.25, -0.2) is 0 Å². The van der Waals surface area contributed by atoms with E-state index in [1.54, 1.807) is 19.5 Å². The first-order chi connectivity index (χ1) is 12.7. The molecule has 1 aromatic carbocycles. The van der Waals surface area contributed by atoms with Gasteiger partial charge in [0.05, 0.1) is 13.2 Å². The lowest BCUT2D eigenvalue weighted by atomic mass is 9.78. The van der Waals surface area contributed by atoms with E-state index < -0.39 is 6.10 Å². The minimum absolute atomic E-state index is 0.0345. The minimum atomic E-state index is -0.555. The molecule has 4 heteroatoms. The first kappa shape index (κ1) is 17.3. The first-order valence-corrected chi connectivity index (χ1v) is 9.66. The van der Waals surface area contributed by atoms with Crippen molar-refractivity contribution < 1.29 is 14.6 Å². The van der Waals surface area contributed by atoms with Crippen molar-refractivity contribution in [3.8, 4) is 11.5 Å². The van der Waals surface area contributed by atoms with Gasteiger partial charge in [-0.05, 0) is 67.9 Å². The molecule has 1 spiro atoms. The summed E-state index contributed by atoms with van der Waals surface area (Å²) in [5, 5.41) is 10.9. The number of aromatic nitrogens is 1. The topological polar surface area (TPSA) is 51.6 Å². The Hall–Kier alpha value is -2.07. The van der Waals surface area contributed by atoms with Gasteiger partial charge in [-0.2, -0.15) is 0 Å². The largest absolute Gasteiger partial charge is 0.493 e. The summed E-state index contributed by atoms with van der Waals surface area (Å²) in [7, 11) is 1.69. The van der Waals surface area contributed by atoms with Gasteiger partial charge in [-0.3, -0.25) is 4.98 Å². The van der Waals surface area contributed by atoms with Gasteiger partial charge in [-0.15, -0.1) is 0 Å². The fourth-order valence-corrected chi connectivity index (χ4v) is 4.48. The van der Waals surface area contributed by atoms with E-state index in [4.69, 9.17) is 9.47 Å². The van der Waals surface area contributed by atoms with Gasteiger partial charge in [0.1, 0.15) is 5.60 Å². The zero-order valence-corrected chi connectivity index (χ0v) is 15.4. The number of aliphatic hydroxyl groups is 1. The number of pyridine rings is 1. The molecule has 0 amide bonds. The third kappa shape index (κ3) is 3.30. The summed E-state index contributed by atoms with van der Waals surface area (Å²) in [5.41, 5.74) is 3.12. The Balaban J connectivity index is 1.64. The summed E-state index contributed by atoms with van der Waals surface area (Å²) in [6.45, 7) is 0. The highest BCUT2D eigenvalue weighted by atomic mass is 16.5. The van der Waals surface area contributed by atoms with Gasteiger partial charge in [0.25, 0.3) is 0 Å². The van der Waals surface area contributed by atoms with Crippen LogP contribution in [0.5, 0.6) is 11.5 Å². The fraction of sp³-hybridized carbons (Fsp3) is 0.500. The molecule has 0 radical (unpaired) electrons. The van der Waals surface area contributed by atoms with Gasteiger partial charge >= 0.3 is 0 Å². The van der Waals surface area contributed by atoms with Gasteiger partial charge in [0.15, 0.2) is 11.5 Å². The zero-order valence-electron chi connectivity index (χ0n) is 15.4. The van der Waals surface area contributed by atoms with Crippen molar-refractivity contribution in [2.45, 2.75) is 63.1 Å². The lowest BCUT2D eigenvalue weighted by Gasteiger charge is -2.42. The standard InChI is InChI=1S/C22H27NO3/c1-25-20-6-5-17(19(24)15-16-8-13-23-14-9-16)18-7-12-22(26-21(18)20)10-3-2-4-11-22/h5-6,8-9,13-14,19,24H,2-4,7,10-12,15H2,1H3. The van der Waals surface area contributed by atoms with Crippen LogP contribution in [0.1, 0.15) is 61.3 Å². The zero-order chi connectivity index (χ0) is 18.0. The lowest BCUT2D eigenvalue weighted by molar-refractivity contribution is 0.00747. The molecule has 2 heterocycles. The van der Waals surface area contributed by atoms with Gasteiger partial charge < -0.3 is 14.6 Å². The van der Waals surface area contributed by atoms with E-state index in [9.17, 15) is 5.11 Å². The van der Waals surface area contributed by atoms with Crippen LogP contribution in [-0.4, -0.2) is 22.8 Å². The summed E-state index contributed by atoms with van der Waals surface area (Å²) in [4.78, 5) is 4.05. The maximum Gasteiger partial charge on any atom is 0.165 e. The summed E-state index contributed by atoms with van der Waals surface area (Å²) >= 11 is 0. The van der Waals surface area contributed by atoms with E-state index in [0.717, 1.165) is 53.9 Å². The van der Waals surface area contributed by atoms with E-state index in [2.05, 4.69) is 4.98 Å². The number of methoxy groups -OCH3 is 1. The Morgan fingerprint density at radius 1 is 1.12 bits per heavy atom. The number of fused-ring (bicyclic) bond motifs is 1. The minimum Gasteiger partial charge on any atom is -0.493 e. The molecule has 2 aliphatic rings. The molecule has 1 aliphatic carbocycles. The molecule has 1 unspecified atom stereocenters. The molecule has 1 atom stereocenters. The highest BCUT2D eigenvalue weighted by molar-refractivity contribution is 5.53. The smallest absolute Gasteiger partial charge is 0.165 e. The Bertz CT molecular complexity index is 753. The third-order valence-corrected chi connectivity index (χ3v) is 5.93. The molecular weight excluding hydrogens is 326 g/mol. The molecule has 1 aliphatic heterocycles. The van der Waals surface area contributed by atoms with Crippen molar-refractivity contribution in [3.63, 3.8) is 0 Å². The van der Waals surface area contributed by atoms with Crippen molar-refractivity contribution in [2.24, 2.45) is 0 Å². The van der Waals surface area contributed by atoms with Crippen molar-refractivity contribution in [2.75, 3.05) is 7.11 Å². The van der Waals surface area contributed by atoms with E-state index in [-0.39, 0.29) is 5.60 Å². The third-order valence-electron chi connectivity index (χ3n) is 5.93. The predicted octanol–water partition coefficient (Wildman–Crippen LogP) is 4.39. The molecular formula is C22H27NO3. The second-order valence-electron chi connectivity index (χ2n) is 7.59. The van der Waals surface area contributed by atoms with Crippen LogP contribution in [0.25, 0.3) is 0 Å². The first-order valence-electron chi connectivity index (χ1n) is 9.66. The highest BCUT2D eigenvalue weighted by Gasteiger charge is 2.39. The second kappa shape index (κ2) is 7.28. The van der Waals surface area contributed by atoms with Crippen molar-refractivity contribution in [1.82, 2.24) is 4.98 Å². The van der Waals surface area contributed by atoms with Crippen LogP contribution in [0.2, 0.25) is 0 Å². The van der Waals surface area contributed by atoms with Crippen LogP contribution in [0.15, 0.2) is 36.7 Å². The van der Waals surface area contributed by atoms with Crippen molar-refractivity contribution in [3.05, 3.63) is 53.3 Å². The monoisotopic (exact) mass is 353 g/mol. The van der Waals surface area contributed by atoms with E-state index in [0.29, 0.717) is 6.42 Å². The molecule has 1 fully saturated rings. The van der Waals surface area contributed by atoms with Crippen LogP contribution >= 0.6 is 0 Å². The van der Waals surface area contributed by atoms with E-state index in [1.165, 1.54) is 19.3 Å². The van der Waals surface area contributed by atoms with Crippen LogP contribution in [0, 0.1) is 0 Å². The van der Waals surface area contributed by atoms with Crippen LogP contribution in [0.4, 0.5) is 0 Å². The number of hydrogen-bond donors (Lipinski definition) is 1. The molecule has 4 nitrogen and oxygen atoms in total. The predicted molar refractivity (Wildman–Crippen MR) is 101 cm³/mol. The van der Waals surface area contributed by atoms with E-state index in [1.807, 2.05) is 24.3 Å². The molecule has 1 saturated carbocycles. The summed E-state index contributed by atoms with van der Waals surface area (Å²) < 4.78 is 12.2. The van der Waals surface area contributed by atoms with E-state index >= 15 is 0 Å². The van der Waals surface area contributed by atoms with Crippen LogP contribution in [0.3, 0.4) is 0 Å². The number of hydrogen-bond acceptors (Lipinski definition) is 4. The molecule has 138 valence electrons. The Morgan fingerprint density at radius 2 is 1.88 bits per heavy atom. The summed E-state index contributed by atoms with van der Waals surface area (Å²) in [5.74, 6) is 1.64. The maximum atomic E-state index is 10.9. The summed E-state index contributed by atoms with van der Waals surface area (Å²) in [6.07, 6.45) is 11.6. The molecule has 4 rings (SSSR count). The number of nitrogens with zero attached hydrogens (tertiary/aromatic N) is 1. The highest BCUT2D eigenvalue weighted by Crippen LogP contribution is 2.47. The van der Waals surface area contributed by atoms with Crippen LogP contribution < -0.4 is 9.47 Å². The number of ether oxygens (including phenoxy) is 2. The molecule has 2 aromatic rings. The quantitative estimate of drug-likeness (QED) is 0.885. The Morgan fingerprint density at radius 3 is 2.62 bits per heavy atom. The van der Waals surface area contributed by atoms with Gasteiger partial charge in [-0.1, -0.05) is 12.5 Å². The molecule has 1 aromatic heterocycles. The van der Waals surface area contributed by atoms with Gasteiger partial charge in [0.2, 0.25) is 0 Å². The second-order valence-corrected chi connectivity index (χ2v) is 7.59. The van der Waals surface area contributed by atoms with Crippen molar-refractivity contribution in [1.29, 1.82) is 0 Å². The number of aliphatic hydroxyl groups excluding tert-OH is 1. The lowest BCUT2D eigenvalue weighted by Crippen LogP contribution is -2.41. The average Bonchev–Trinajstić information content (AvgIpc) is 2.68. The summed E-state index contributed by atoms with van der Waals surface area (Å²) in [6, 6.07) is 7.83. The molecule has 0 saturated heterocycles. The normalized spacial score (nSPS) is 19.5. The molecule has 26 heavy (non-hydrogen) atoms. The molecule has 0 bridgehead atoms. The van der Waals surface area contributed by atoms with Crippen LogP contribution in [-0.2, 0) is 12.8 Å². The fourth-order valence-electron chi connectivity index (χ4n) is 4.48. The number of rotatable bonds is 4. The Labute approximate surface area is 155 Å². The number of benzene rings is 1. The van der Waals surface area contributed by atoms with Gasteiger partial charge in [0, 0.05) is 24.4 Å².